The summed E-state index contributed by atoms with van der Waals surface area (Å²) in [6, 6.07) is 15.4. The lowest BCUT2D eigenvalue weighted by atomic mass is 10.1. The highest BCUT2D eigenvalue weighted by Gasteiger charge is 2.21. The fourth-order valence-electron chi connectivity index (χ4n) is 2.75. The number of sulfone groups is 1. The minimum absolute atomic E-state index is 0.0447. The predicted octanol–water partition coefficient (Wildman–Crippen LogP) is 3.86. The molecule has 0 saturated carbocycles. The minimum Gasteiger partial charge on any atom is -0.352 e. The second-order valence-electron chi connectivity index (χ2n) is 6.63. The van der Waals surface area contributed by atoms with Crippen LogP contribution in [0.15, 0.2) is 76.5 Å². The van der Waals surface area contributed by atoms with Crippen LogP contribution in [0.25, 0.3) is 11.3 Å². The third-order valence-corrected chi connectivity index (χ3v) is 7.45. The number of carbonyl (C=O) groups excluding carboxylic acids is 2. The second kappa shape index (κ2) is 10.6. The fraction of sp³-hybridized carbons (Fsp3) is 0.136. The first kappa shape index (κ1) is 23.7. The number of rotatable bonds is 9. The summed E-state index contributed by atoms with van der Waals surface area (Å²) < 4.78 is 24.8. The summed E-state index contributed by atoms with van der Waals surface area (Å²) in [5.41, 5.74) is 1.40. The Bertz CT molecular complexity index is 1240. The van der Waals surface area contributed by atoms with Gasteiger partial charge in [0.25, 0.3) is 5.91 Å². The maximum atomic E-state index is 13.0. The number of thiazole rings is 1. The van der Waals surface area contributed by atoms with Crippen LogP contribution in [0.5, 0.6) is 0 Å². The number of hydrogen-bond donors (Lipinski definition) is 2. The molecular formula is C22H21N3O4S3. The van der Waals surface area contributed by atoms with Gasteiger partial charge in [-0.1, -0.05) is 71.6 Å². The molecule has 0 aliphatic rings. The molecule has 2 amide bonds. The van der Waals surface area contributed by atoms with Gasteiger partial charge in [0.15, 0.2) is 14.2 Å². The SMILES string of the molecule is C=CCNC(=O)CSc1nc(-c2ccccc2)c(NC(=O)c2ccccc2S(C)(=O)=O)s1. The Morgan fingerprint density at radius 3 is 2.50 bits per heavy atom. The van der Waals surface area contributed by atoms with Crippen molar-refractivity contribution >= 4 is 49.8 Å². The van der Waals surface area contributed by atoms with Crippen LogP contribution in [0.4, 0.5) is 5.00 Å². The molecule has 0 aliphatic carbocycles. The van der Waals surface area contributed by atoms with Crippen LogP contribution in [0.2, 0.25) is 0 Å². The lowest BCUT2D eigenvalue weighted by Gasteiger charge is -2.09. The van der Waals surface area contributed by atoms with Gasteiger partial charge in [-0.25, -0.2) is 13.4 Å². The highest BCUT2D eigenvalue weighted by molar-refractivity contribution is 8.01. The van der Waals surface area contributed by atoms with Crippen molar-refractivity contribution in [2.75, 3.05) is 23.9 Å². The maximum Gasteiger partial charge on any atom is 0.257 e. The third-order valence-electron chi connectivity index (χ3n) is 4.18. The Kier molecular flexibility index (Phi) is 7.84. The molecule has 0 aliphatic heterocycles. The van der Waals surface area contributed by atoms with Crippen LogP contribution in [0.3, 0.4) is 0 Å². The average Bonchev–Trinajstić information content (AvgIpc) is 3.18. The van der Waals surface area contributed by atoms with E-state index in [1.165, 1.54) is 35.2 Å². The zero-order chi connectivity index (χ0) is 23.1. The molecule has 0 fully saturated rings. The van der Waals surface area contributed by atoms with Gasteiger partial charge in [0.2, 0.25) is 5.91 Å². The van der Waals surface area contributed by atoms with Gasteiger partial charge < -0.3 is 10.6 Å². The molecule has 0 atom stereocenters. The van der Waals surface area contributed by atoms with Crippen LogP contribution >= 0.6 is 23.1 Å². The molecular weight excluding hydrogens is 466 g/mol. The largest absolute Gasteiger partial charge is 0.352 e. The van der Waals surface area contributed by atoms with Crippen molar-refractivity contribution in [2.45, 2.75) is 9.24 Å². The number of benzene rings is 2. The van der Waals surface area contributed by atoms with E-state index in [4.69, 9.17) is 0 Å². The predicted molar refractivity (Wildman–Crippen MR) is 129 cm³/mol. The van der Waals surface area contributed by atoms with Crippen molar-refractivity contribution in [2.24, 2.45) is 0 Å². The van der Waals surface area contributed by atoms with E-state index < -0.39 is 15.7 Å². The standard InChI is InChI=1S/C22H21N3O4S3/c1-3-13-23-18(26)14-30-22-24-19(15-9-5-4-6-10-15)21(31-22)25-20(27)16-11-7-8-12-17(16)32(2,28)29/h3-12H,1,13-14H2,2H3,(H,23,26)(H,25,27). The number of amides is 2. The molecule has 3 rings (SSSR count). The average molecular weight is 488 g/mol. The van der Waals surface area contributed by atoms with Gasteiger partial charge in [0, 0.05) is 18.4 Å². The molecule has 166 valence electrons. The van der Waals surface area contributed by atoms with Gasteiger partial charge in [-0.2, -0.15) is 0 Å². The first-order chi connectivity index (χ1) is 15.3. The number of hydrogen-bond acceptors (Lipinski definition) is 7. The summed E-state index contributed by atoms with van der Waals surface area (Å²) in [6.45, 7) is 3.95. The van der Waals surface area contributed by atoms with Crippen molar-refractivity contribution in [1.82, 2.24) is 10.3 Å². The minimum atomic E-state index is -3.58. The first-order valence-corrected chi connectivity index (χ1v) is 13.2. The van der Waals surface area contributed by atoms with Gasteiger partial charge >= 0.3 is 0 Å². The van der Waals surface area contributed by atoms with Crippen LogP contribution in [0, 0.1) is 0 Å². The molecule has 32 heavy (non-hydrogen) atoms. The maximum absolute atomic E-state index is 13.0. The molecule has 0 bridgehead atoms. The molecule has 1 aromatic heterocycles. The Balaban J connectivity index is 1.90. The van der Waals surface area contributed by atoms with Crippen molar-refractivity contribution in [3.63, 3.8) is 0 Å². The van der Waals surface area contributed by atoms with Crippen LogP contribution in [0.1, 0.15) is 10.4 Å². The van der Waals surface area contributed by atoms with E-state index in [-0.39, 0.29) is 22.1 Å². The smallest absolute Gasteiger partial charge is 0.257 e. The molecule has 10 heteroatoms. The number of anilines is 1. The Hall–Kier alpha value is -2.95. The Morgan fingerprint density at radius 1 is 1.12 bits per heavy atom. The van der Waals surface area contributed by atoms with Gasteiger partial charge in [-0.05, 0) is 12.1 Å². The summed E-state index contributed by atoms with van der Waals surface area (Å²) >= 11 is 2.48. The lowest BCUT2D eigenvalue weighted by molar-refractivity contribution is -0.118. The van der Waals surface area contributed by atoms with E-state index in [1.54, 1.807) is 18.2 Å². The number of carbonyl (C=O) groups is 2. The van der Waals surface area contributed by atoms with Crippen molar-refractivity contribution in [3.8, 4) is 11.3 Å². The molecule has 1 heterocycles. The second-order valence-corrected chi connectivity index (χ2v) is 10.8. The summed E-state index contributed by atoms with van der Waals surface area (Å²) in [6.07, 6.45) is 2.66. The quantitative estimate of drug-likeness (QED) is 0.351. The normalized spacial score (nSPS) is 11.0. The summed E-state index contributed by atoms with van der Waals surface area (Å²) in [5.74, 6) is -0.536. The Labute approximate surface area is 194 Å². The van der Waals surface area contributed by atoms with Gasteiger partial charge in [0.1, 0.15) is 10.7 Å². The van der Waals surface area contributed by atoms with Crippen molar-refractivity contribution in [1.29, 1.82) is 0 Å². The van der Waals surface area contributed by atoms with E-state index in [0.29, 0.717) is 21.6 Å². The van der Waals surface area contributed by atoms with E-state index in [1.807, 2.05) is 30.3 Å². The highest BCUT2D eigenvalue weighted by atomic mass is 32.2. The molecule has 3 aromatic rings. The van der Waals surface area contributed by atoms with E-state index in [9.17, 15) is 18.0 Å². The van der Waals surface area contributed by atoms with Crippen LogP contribution in [-0.4, -0.2) is 43.8 Å². The summed E-state index contributed by atoms with van der Waals surface area (Å²) in [4.78, 5) is 29.4. The number of aromatic nitrogens is 1. The summed E-state index contributed by atoms with van der Waals surface area (Å²) in [5, 5.41) is 5.98. The lowest BCUT2D eigenvalue weighted by Crippen LogP contribution is -2.24. The Morgan fingerprint density at radius 2 is 1.81 bits per heavy atom. The third kappa shape index (κ3) is 6.06. The van der Waals surface area contributed by atoms with Crippen molar-refractivity contribution < 1.29 is 18.0 Å². The zero-order valence-corrected chi connectivity index (χ0v) is 19.6. The van der Waals surface area contributed by atoms with Gasteiger partial charge in [0.05, 0.1) is 16.2 Å². The van der Waals surface area contributed by atoms with E-state index in [2.05, 4.69) is 22.2 Å². The van der Waals surface area contributed by atoms with Crippen molar-refractivity contribution in [3.05, 3.63) is 72.8 Å². The molecule has 2 N–H and O–H groups in total. The molecule has 0 spiro atoms. The first-order valence-electron chi connectivity index (χ1n) is 9.46. The highest BCUT2D eigenvalue weighted by Crippen LogP contribution is 2.38. The van der Waals surface area contributed by atoms with Gasteiger partial charge in [-0.3, -0.25) is 9.59 Å². The molecule has 0 radical (unpaired) electrons. The molecule has 7 nitrogen and oxygen atoms in total. The topological polar surface area (TPSA) is 105 Å². The molecule has 0 unspecified atom stereocenters. The van der Waals surface area contributed by atoms with Crippen LogP contribution < -0.4 is 10.6 Å². The van der Waals surface area contributed by atoms with E-state index >= 15 is 0 Å². The number of nitrogens with zero attached hydrogens (tertiary/aromatic N) is 1. The van der Waals surface area contributed by atoms with Crippen LogP contribution in [-0.2, 0) is 14.6 Å². The number of nitrogens with one attached hydrogen (secondary N) is 2. The zero-order valence-electron chi connectivity index (χ0n) is 17.2. The molecule has 2 aromatic carbocycles. The number of thioether (sulfide) groups is 1. The van der Waals surface area contributed by atoms with Gasteiger partial charge in [-0.15, -0.1) is 6.58 Å². The fourth-order valence-corrected chi connectivity index (χ4v) is 5.53. The molecule has 0 saturated heterocycles. The summed E-state index contributed by atoms with van der Waals surface area (Å²) in [7, 11) is -3.58. The van der Waals surface area contributed by atoms with E-state index in [0.717, 1.165) is 11.8 Å². The monoisotopic (exact) mass is 487 g/mol.